The third kappa shape index (κ3) is 3.80. The fourth-order valence-corrected chi connectivity index (χ4v) is 7.11. The van der Waals surface area contributed by atoms with E-state index in [1.807, 2.05) is 0 Å². The molecule has 9 heteroatoms. The number of aliphatic hydroxyl groups excluding tert-OH is 1. The first-order valence-electron chi connectivity index (χ1n) is 8.37. The van der Waals surface area contributed by atoms with Gasteiger partial charge in [0.1, 0.15) is 0 Å². The Hall–Kier alpha value is -2.10. The van der Waals surface area contributed by atoms with E-state index in [2.05, 4.69) is 0 Å². The van der Waals surface area contributed by atoms with E-state index in [1.54, 1.807) is 32.0 Å². The number of sulfonamides is 1. The van der Waals surface area contributed by atoms with Crippen LogP contribution in [0.3, 0.4) is 0 Å². The molecule has 1 saturated heterocycles. The second-order valence-corrected chi connectivity index (χ2v) is 10.8. The summed E-state index contributed by atoms with van der Waals surface area (Å²) in [5.74, 6) is -0.909. The van der Waals surface area contributed by atoms with Crippen molar-refractivity contribution in [1.29, 1.82) is 0 Å². The fourth-order valence-electron chi connectivity index (χ4n) is 3.26. The van der Waals surface area contributed by atoms with Crippen molar-refractivity contribution >= 4 is 31.2 Å². The van der Waals surface area contributed by atoms with Gasteiger partial charge in [-0.3, -0.25) is 4.31 Å². The van der Waals surface area contributed by atoms with Gasteiger partial charge in [-0.1, -0.05) is 12.1 Å². The van der Waals surface area contributed by atoms with E-state index in [0.717, 1.165) is 9.87 Å². The molecule has 1 aliphatic heterocycles. The van der Waals surface area contributed by atoms with Gasteiger partial charge < -0.3 is 10.8 Å². The highest BCUT2D eigenvalue weighted by Crippen LogP contribution is 2.33. The Kier molecular flexibility index (Phi) is 4.96. The van der Waals surface area contributed by atoms with Crippen molar-refractivity contribution in [3.8, 4) is 0 Å². The molecule has 0 radical (unpaired) electrons. The molecule has 0 bridgehead atoms. The predicted molar refractivity (Wildman–Crippen MR) is 105 cm³/mol. The predicted octanol–water partition coefficient (Wildman–Crippen LogP) is 1.24. The van der Waals surface area contributed by atoms with Crippen molar-refractivity contribution in [3.63, 3.8) is 0 Å². The zero-order chi connectivity index (χ0) is 20.0. The Morgan fingerprint density at radius 2 is 1.70 bits per heavy atom. The summed E-state index contributed by atoms with van der Waals surface area (Å²) in [5.41, 5.74) is 7.70. The Balaban J connectivity index is 2.20. The topological polar surface area (TPSA) is 118 Å². The molecule has 3 rings (SSSR count). The van der Waals surface area contributed by atoms with Gasteiger partial charge in [0.25, 0.3) is 10.0 Å². The zero-order valence-electron chi connectivity index (χ0n) is 15.0. The molecule has 0 aliphatic carbocycles. The Bertz CT molecular complexity index is 1060. The summed E-state index contributed by atoms with van der Waals surface area (Å²) in [7, 11) is -7.67. The highest BCUT2D eigenvalue weighted by Gasteiger charge is 2.45. The van der Waals surface area contributed by atoms with E-state index in [-0.39, 0.29) is 10.6 Å². The summed E-state index contributed by atoms with van der Waals surface area (Å²) in [6, 6.07) is 10.0. The number of aryl methyl sites for hydroxylation is 2. The molecule has 0 amide bonds. The standard InChI is InChI=1S/C18H22N2O5S2/c1-12-3-4-13(2)18(9-12)27(24,25)20(15-7-5-14(19)6-8-15)16-10-26(22,23)11-17(16)21/h3-9,16-17,21H,10-11,19H2,1-2H3/t16-,17+/m0/s1. The molecular formula is C18H22N2O5S2. The normalized spacial score (nSPS) is 21.9. The molecule has 0 spiro atoms. The summed E-state index contributed by atoms with van der Waals surface area (Å²) in [6.45, 7) is 3.45. The lowest BCUT2D eigenvalue weighted by Crippen LogP contribution is -2.47. The van der Waals surface area contributed by atoms with Crippen LogP contribution >= 0.6 is 0 Å². The molecule has 2 atom stereocenters. The first kappa shape index (κ1) is 19.7. The van der Waals surface area contributed by atoms with Crippen LogP contribution in [-0.4, -0.2) is 45.6 Å². The van der Waals surface area contributed by atoms with Gasteiger partial charge >= 0.3 is 0 Å². The lowest BCUT2D eigenvalue weighted by molar-refractivity contribution is 0.184. The van der Waals surface area contributed by atoms with Crippen LogP contribution in [0, 0.1) is 13.8 Å². The number of rotatable bonds is 4. The highest BCUT2D eigenvalue weighted by atomic mass is 32.2. The van der Waals surface area contributed by atoms with Crippen molar-refractivity contribution in [2.75, 3.05) is 21.5 Å². The quantitative estimate of drug-likeness (QED) is 0.732. The molecule has 0 aromatic heterocycles. The van der Waals surface area contributed by atoms with Gasteiger partial charge in [-0.05, 0) is 55.3 Å². The van der Waals surface area contributed by atoms with E-state index in [1.165, 1.54) is 24.3 Å². The van der Waals surface area contributed by atoms with E-state index < -0.39 is 43.5 Å². The monoisotopic (exact) mass is 410 g/mol. The average molecular weight is 411 g/mol. The van der Waals surface area contributed by atoms with Crippen molar-refractivity contribution in [3.05, 3.63) is 53.6 Å². The van der Waals surface area contributed by atoms with Gasteiger partial charge in [-0.2, -0.15) is 0 Å². The van der Waals surface area contributed by atoms with Crippen molar-refractivity contribution < 1.29 is 21.9 Å². The number of nitrogens with zero attached hydrogens (tertiary/aromatic N) is 1. The average Bonchev–Trinajstić information content (AvgIpc) is 2.84. The first-order chi connectivity index (χ1) is 12.5. The Labute approximate surface area is 159 Å². The first-order valence-corrected chi connectivity index (χ1v) is 11.6. The van der Waals surface area contributed by atoms with Gasteiger partial charge in [0.15, 0.2) is 9.84 Å². The smallest absolute Gasteiger partial charge is 0.264 e. The summed E-state index contributed by atoms with van der Waals surface area (Å²) < 4.78 is 52.1. The lowest BCUT2D eigenvalue weighted by Gasteiger charge is -2.32. The lowest BCUT2D eigenvalue weighted by atomic mass is 10.2. The maximum Gasteiger partial charge on any atom is 0.264 e. The molecule has 2 aromatic rings. The van der Waals surface area contributed by atoms with Crippen LogP contribution in [0.1, 0.15) is 11.1 Å². The number of benzene rings is 2. The van der Waals surface area contributed by atoms with E-state index in [4.69, 9.17) is 5.73 Å². The number of nitrogen functional groups attached to an aromatic ring is 1. The maximum absolute atomic E-state index is 13.5. The van der Waals surface area contributed by atoms with Crippen LogP contribution in [-0.2, 0) is 19.9 Å². The van der Waals surface area contributed by atoms with Crippen LogP contribution in [0.2, 0.25) is 0 Å². The van der Waals surface area contributed by atoms with E-state index in [9.17, 15) is 21.9 Å². The minimum absolute atomic E-state index is 0.0795. The molecule has 7 nitrogen and oxygen atoms in total. The number of aliphatic hydroxyl groups is 1. The highest BCUT2D eigenvalue weighted by molar-refractivity contribution is 7.93. The molecule has 3 N–H and O–H groups in total. The van der Waals surface area contributed by atoms with Crippen molar-refractivity contribution in [2.24, 2.45) is 0 Å². The molecule has 1 aliphatic rings. The SMILES string of the molecule is Cc1ccc(C)c(S(=O)(=O)N(c2ccc(N)cc2)[C@H]2CS(=O)(=O)C[C@H]2O)c1. The number of nitrogens with two attached hydrogens (primary N) is 1. The van der Waals surface area contributed by atoms with Gasteiger partial charge in [-0.25, -0.2) is 16.8 Å². The fraction of sp³-hybridized carbons (Fsp3) is 0.333. The van der Waals surface area contributed by atoms with Gasteiger partial charge in [-0.15, -0.1) is 0 Å². The minimum Gasteiger partial charge on any atom is -0.399 e. The Morgan fingerprint density at radius 1 is 1.07 bits per heavy atom. The molecule has 1 fully saturated rings. The van der Waals surface area contributed by atoms with Crippen molar-refractivity contribution in [2.45, 2.75) is 30.9 Å². The van der Waals surface area contributed by atoms with Crippen LogP contribution < -0.4 is 10.0 Å². The molecule has 146 valence electrons. The summed E-state index contributed by atoms with van der Waals surface area (Å²) >= 11 is 0. The van der Waals surface area contributed by atoms with Gasteiger partial charge in [0.2, 0.25) is 0 Å². The molecule has 0 saturated carbocycles. The van der Waals surface area contributed by atoms with Crippen molar-refractivity contribution in [1.82, 2.24) is 0 Å². The van der Waals surface area contributed by atoms with Crippen LogP contribution in [0.4, 0.5) is 11.4 Å². The number of hydrogen-bond donors (Lipinski definition) is 2. The summed E-state index contributed by atoms with van der Waals surface area (Å²) in [4.78, 5) is 0.0795. The third-order valence-corrected chi connectivity index (χ3v) is 8.32. The third-order valence-electron chi connectivity index (χ3n) is 4.62. The van der Waals surface area contributed by atoms with E-state index in [0.29, 0.717) is 11.3 Å². The van der Waals surface area contributed by atoms with Gasteiger partial charge in [0, 0.05) is 5.69 Å². The minimum atomic E-state index is -4.12. The zero-order valence-corrected chi connectivity index (χ0v) is 16.7. The van der Waals surface area contributed by atoms with Crippen LogP contribution in [0.5, 0.6) is 0 Å². The number of sulfone groups is 1. The number of hydrogen-bond acceptors (Lipinski definition) is 6. The van der Waals surface area contributed by atoms with E-state index >= 15 is 0 Å². The van der Waals surface area contributed by atoms with Crippen LogP contribution in [0.15, 0.2) is 47.4 Å². The largest absolute Gasteiger partial charge is 0.399 e. The maximum atomic E-state index is 13.5. The van der Waals surface area contributed by atoms with Crippen LogP contribution in [0.25, 0.3) is 0 Å². The molecule has 0 unspecified atom stereocenters. The second kappa shape index (κ2) is 6.81. The number of anilines is 2. The molecule has 27 heavy (non-hydrogen) atoms. The molecule has 1 heterocycles. The molecule has 2 aromatic carbocycles. The summed E-state index contributed by atoms with van der Waals surface area (Å²) in [6.07, 6.45) is -1.31. The Morgan fingerprint density at radius 3 is 2.26 bits per heavy atom. The summed E-state index contributed by atoms with van der Waals surface area (Å²) in [5, 5.41) is 10.3. The van der Waals surface area contributed by atoms with Gasteiger partial charge in [0.05, 0.1) is 34.2 Å². The second-order valence-electron chi connectivity index (χ2n) is 6.87. The molecular weight excluding hydrogens is 388 g/mol.